The van der Waals surface area contributed by atoms with Crippen molar-refractivity contribution in [3.05, 3.63) is 48.3 Å². The molecule has 0 saturated carbocycles. The Labute approximate surface area is 133 Å². The number of fused-ring (bicyclic) bond motifs is 1. The second-order valence-corrected chi connectivity index (χ2v) is 5.70. The van der Waals surface area contributed by atoms with Gasteiger partial charge in [0.25, 0.3) is 5.91 Å². The number of hydrogen-bond donors (Lipinski definition) is 2. The van der Waals surface area contributed by atoms with Gasteiger partial charge >= 0.3 is 0 Å². The number of anilines is 2. The fourth-order valence-electron chi connectivity index (χ4n) is 2.88. The molecule has 1 aliphatic heterocycles. The van der Waals surface area contributed by atoms with Crippen LogP contribution in [0, 0.1) is 0 Å². The highest BCUT2D eigenvalue weighted by atomic mass is 16.1. The number of hydrogen-bond acceptors (Lipinski definition) is 4. The zero-order chi connectivity index (χ0) is 15.6. The average molecular weight is 307 g/mol. The van der Waals surface area contributed by atoms with Crippen LogP contribution < -0.4 is 10.2 Å². The van der Waals surface area contributed by atoms with Crippen molar-refractivity contribution in [3.63, 3.8) is 0 Å². The average Bonchev–Trinajstić information content (AvgIpc) is 3.26. The fourth-order valence-corrected chi connectivity index (χ4v) is 2.88. The summed E-state index contributed by atoms with van der Waals surface area (Å²) in [5.41, 5.74) is 2.04. The molecule has 4 rings (SSSR count). The number of nitrogens with one attached hydrogen (secondary N) is 2. The summed E-state index contributed by atoms with van der Waals surface area (Å²) >= 11 is 0. The van der Waals surface area contributed by atoms with Crippen LogP contribution in [0.4, 0.5) is 11.5 Å². The van der Waals surface area contributed by atoms with E-state index in [4.69, 9.17) is 0 Å². The third-order valence-corrected chi connectivity index (χ3v) is 4.10. The van der Waals surface area contributed by atoms with Crippen molar-refractivity contribution in [2.45, 2.75) is 12.8 Å². The predicted octanol–water partition coefficient (Wildman–Crippen LogP) is 2.81. The Morgan fingerprint density at radius 1 is 1.17 bits per heavy atom. The van der Waals surface area contributed by atoms with Crippen LogP contribution in [0.25, 0.3) is 10.9 Å². The van der Waals surface area contributed by atoms with Gasteiger partial charge in [-0.1, -0.05) is 6.07 Å². The number of aromatic nitrogens is 3. The summed E-state index contributed by atoms with van der Waals surface area (Å²) < 4.78 is 0. The van der Waals surface area contributed by atoms with Crippen molar-refractivity contribution in [3.8, 4) is 0 Å². The van der Waals surface area contributed by atoms with Crippen molar-refractivity contribution < 1.29 is 4.79 Å². The number of aromatic amines is 1. The molecular weight excluding hydrogens is 290 g/mol. The molecule has 6 heteroatoms. The van der Waals surface area contributed by atoms with E-state index in [9.17, 15) is 4.79 Å². The first-order valence-electron chi connectivity index (χ1n) is 7.76. The maximum absolute atomic E-state index is 12.4. The normalized spacial score (nSPS) is 14.3. The van der Waals surface area contributed by atoms with Crippen molar-refractivity contribution >= 4 is 28.3 Å². The predicted molar refractivity (Wildman–Crippen MR) is 89.7 cm³/mol. The molecule has 23 heavy (non-hydrogen) atoms. The number of pyridine rings is 1. The number of amides is 1. The summed E-state index contributed by atoms with van der Waals surface area (Å²) in [7, 11) is 0. The minimum atomic E-state index is -0.204. The lowest BCUT2D eigenvalue weighted by Crippen LogP contribution is -2.21. The summed E-state index contributed by atoms with van der Waals surface area (Å²) in [6, 6.07) is 11.2. The maximum atomic E-state index is 12.4. The Bertz CT molecular complexity index is 851. The van der Waals surface area contributed by atoms with E-state index in [-0.39, 0.29) is 5.91 Å². The second kappa shape index (κ2) is 5.72. The van der Waals surface area contributed by atoms with Gasteiger partial charge < -0.3 is 10.2 Å². The van der Waals surface area contributed by atoms with Gasteiger partial charge in [0.2, 0.25) is 0 Å². The molecule has 6 nitrogen and oxygen atoms in total. The van der Waals surface area contributed by atoms with E-state index < -0.39 is 0 Å². The van der Waals surface area contributed by atoms with Gasteiger partial charge in [-0.15, -0.1) is 0 Å². The summed E-state index contributed by atoms with van der Waals surface area (Å²) in [6.07, 6.45) is 4.12. The molecule has 1 amide bonds. The van der Waals surface area contributed by atoms with Crippen LogP contribution in [-0.4, -0.2) is 34.2 Å². The molecular formula is C17H17N5O. The molecule has 3 aromatic rings. The fraction of sp³-hybridized carbons (Fsp3) is 0.235. The Morgan fingerprint density at radius 3 is 2.91 bits per heavy atom. The highest BCUT2D eigenvalue weighted by Gasteiger charge is 2.15. The van der Waals surface area contributed by atoms with E-state index in [0.29, 0.717) is 5.69 Å². The van der Waals surface area contributed by atoms with Crippen LogP contribution in [0.3, 0.4) is 0 Å². The van der Waals surface area contributed by atoms with E-state index in [0.717, 1.165) is 35.5 Å². The van der Waals surface area contributed by atoms with E-state index in [1.807, 2.05) is 30.3 Å². The Morgan fingerprint density at radius 2 is 2.04 bits per heavy atom. The topological polar surface area (TPSA) is 73.9 Å². The molecule has 0 aliphatic carbocycles. The number of nitrogens with zero attached hydrogens (tertiary/aromatic N) is 3. The van der Waals surface area contributed by atoms with Crippen LogP contribution in [0.2, 0.25) is 0 Å². The largest absolute Gasteiger partial charge is 0.357 e. The van der Waals surface area contributed by atoms with Gasteiger partial charge in [0.15, 0.2) is 0 Å². The lowest BCUT2D eigenvalue weighted by atomic mass is 10.2. The lowest BCUT2D eigenvalue weighted by molar-refractivity contribution is 0.102. The summed E-state index contributed by atoms with van der Waals surface area (Å²) in [6.45, 7) is 2.02. The van der Waals surface area contributed by atoms with Crippen molar-refractivity contribution in [1.29, 1.82) is 0 Å². The minimum Gasteiger partial charge on any atom is -0.357 e. The van der Waals surface area contributed by atoms with E-state index in [1.54, 1.807) is 12.3 Å². The van der Waals surface area contributed by atoms with Crippen molar-refractivity contribution in [1.82, 2.24) is 15.2 Å². The molecule has 1 fully saturated rings. The highest BCUT2D eigenvalue weighted by Crippen LogP contribution is 2.19. The van der Waals surface area contributed by atoms with Gasteiger partial charge in [-0.3, -0.25) is 9.89 Å². The van der Waals surface area contributed by atoms with Gasteiger partial charge in [0, 0.05) is 24.2 Å². The van der Waals surface area contributed by atoms with Gasteiger partial charge in [0.1, 0.15) is 11.5 Å². The molecule has 0 spiro atoms. The van der Waals surface area contributed by atoms with Crippen molar-refractivity contribution in [2.75, 3.05) is 23.3 Å². The molecule has 0 bridgehead atoms. The molecule has 2 N–H and O–H groups in total. The van der Waals surface area contributed by atoms with Gasteiger partial charge in [-0.2, -0.15) is 5.10 Å². The molecule has 0 atom stereocenters. The minimum absolute atomic E-state index is 0.204. The number of benzene rings is 1. The third kappa shape index (κ3) is 2.75. The molecule has 1 aliphatic rings. The zero-order valence-corrected chi connectivity index (χ0v) is 12.6. The van der Waals surface area contributed by atoms with Gasteiger partial charge in [-0.25, -0.2) is 4.98 Å². The SMILES string of the molecule is O=C(Nc1ccc2cn[nH]c2c1)c1cccc(N2CCCC2)n1. The molecule has 1 saturated heterocycles. The Hall–Kier alpha value is -2.89. The van der Waals surface area contributed by atoms with Gasteiger partial charge in [-0.05, 0) is 43.2 Å². The second-order valence-electron chi connectivity index (χ2n) is 5.70. The maximum Gasteiger partial charge on any atom is 0.274 e. The lowest BCUT2D eigenvalue weighted by Gasteiger charge is -2.16. The van der Waals surface area contributed by atoms with Gasteiger partial charge in [0.05, 0.1) is 11.7 Å². The summed E-state index contributed by atoms with van der Waals surface area (Å²) in [5, 5.41) is 10.8. The number of rotatable bonds is 3. The quantitative estimate of drug-likeness (QED) is 0.780. The number of carbonyl (C=O) groups is 1. The molecule has 2 aromatic heterocycles. The van der Waals surface area contributed by atoms with Crippen molar-refractivity contribution in [2.24, 2.45) is 0 Å². The third-order valence-electron chi connectivity index (χ3n) is 4.10. The number of carbonyl (C=O) groups excluding carboxylic acids is 1. The summed E-state index contributed by atoms with van der Waals surface area (Å²) in [4.78, 5) is 19.2. The molecule has 0 unspecified atom stereocenters. The first-order chi connectivity index (χ1) is 11.3. The highest BCUT2D eigenvalue weighted by molar-refractivity contribution is 6.03. The van der Waals surface area contributed by atoms with Crippen LogP contribution >= 0.6 is 0 Å². The smallest absolute Gasteiger partial charge is 0.274 e. The molecule has 3 heterocycles. The molecule has 116 valence electrons. The van der Waals surface area contributed by atoms with E-state index in [1.165, 1.54) is 12.8 Å². The Kier molecular flexibility index (Phi) is 3.42. The summed E-state index contributed by atoms with van der Waals surface area (Å²) in [5.74, 6) is 0.670. The van der Waals surface area contributed by atoms with Crippen LogP contribution in [-0.2, 0) is 0 Å². The number of H-pyrrole nitrogens is 1. The standard InChI is InChI=1S/C17H17N5O/c23-17(19-13-7-6-12-11-18-21-15(12)10-13)14-4-3-5-16(20-14)22-8-1-2-9-22/h3-7,10-11H,1-2,8-9H2,(H,18,21)(H,19,23). The van der Waals surface area contributed by atoms with Crippen LogP contribution in [0.5, 0.6) is 0 Å². The monoisotopic (exact) mass is 307 g/mol. The Balaban J connectivity index is 1.55. The molecule has 0 radical (unpaired) electrons. The van der Waals surface area contributed by atoms with E-state index >= 15 is 0 Å². The first kappa shape index (κ1) is 13.8. The molecule has 1 aromatic carbocycles. The zero-order valence-electron chi connectivity index (χ0n) is 12.6. The van der Waals surface area contributed by atoms with Crippen LogP contribution in [0.1, 0.15) is 23.3 Å². The van der Waals surface area contributed by atoms with E-state index in [2.05, 4.69) is 25.4 Å². The van der Waals surface area contributed by atoms with Crippen LogP contribution in [0.15, 0.2) is 42.6 Å². The first-order valence-corrected chi connectivity index (χ1v) is 7.76.